The number of furan rings is 3. The summed E-state index contributed by atoms with van der Waals surface area (Å²) in [7, 11) is 0. The van der Waals surface area contributed by atoms with Gasteiger partial charge in [-0.1, -0.05) is 115 Å². The maximum atomic E-state index is 6.29. The minimum absolute atomic E-state index is 0.895. The van der Waals surface area contributed by atoms with E-state index in [2.05, 4.69) is 169 Å². The van der Waals surface area contributed by atoms with Gasteiger partial charge < -0.3 is 18.2 Å². The van der Waals surface area contributed by atoms with Crippen LogP contribution in [0.25, 0.3) is 94.3 Å². The maximum Gasteiger partial charge on any atom is 0.136 e. The van der Waals surface area contributed by atoms with Crippen LogP contribution < -0.4 is 4.90 Å². The smallest absolute Gasteiger partial charge is 0.136 e. The number of nitrogens with zero attached hydrogens (tertiary/aromatic N) is 1. The van der Waals surface area contributed by atoms with E-state index in [1.807, 2.05) is 24.3 Å². The molecular weight excluding hydrogens is 711 g/mol. The molecule has 3 aromatic heterocycles. The van der Waals surface area contributed by atoms with Gasteiger partial charge in [0.2, 0.25) is 0 Å². The molecule has 0 amide bonds. The Hall–Kier alpha value is -7.56. The van der Waals surface area contributed by atoms with Crippen molar-refractivity contribution in [3.8, 4) is 33.4 Å². The third-order valence-electron chi connectivity index (χ3n) is 11.8. The van der Waals surface area contributed by atoms with Crippen LogP contribution in [0.3, 0.4) is 0 Å². The molecule has 0 saturated heterocycles. The molecule has 4 nitrogen and oxygen atoms in total. The summed E-state index contributed by atoms with van der Waals surface area (Å²) in [6, 6.07) is 62.3. The lowest BCUT2D eigenvalue weighted by atomic mass is 9.94. The summed E-state index contributed by atoms with van der Waals surface area (Å²) < 4.78 is 18.8. The van der Waals surface area contributed by atoms with Crippen molar-refractivity contribution in [1.29, 1.82) is 0 Å². The van der Waals surface area contributed by atoms with E-state index in [-0.39, 0.29) is 0 Å². The van der Waals surface area contributed by atoms with E-state index >= 15 is 0 Å². The third-order valence-corrected chi connectivity index (χ3v) is 11.8. The van der Waals surface area contributed by atoms with Gasteiger partial charge in [0.1, 0.15) is 33.7 Å². The monoisotopic (exact) mass is 745 g/mol. The second-order valence-corrected chi connectivity index (χ2v) is 15.1. The average Bonchev–Trinajstić information content (AvgIpc) is 3.99. The van der Waals surface area contributed by atoms with Crippen LogP contribution in [0.2, 0.25) is 0 Å². The Morgan fingerprint density at radius 2 is 0.776 bits per heavy atom. The summed E-state index contributed by atoms with van der Waals surface area (Å²) in [5.74, 6) is 0.984. The van der Waals surface area contributed by atoms with E-state index in [9.17, 15) is 0 Å². The number of allylic oxidation sites excluding steroid dienone is 1. The number of hydrogen-bond acceptors (Lipinski definition) is 4. The van der Waals surface area contributed by atoms with E-state index in [1.165, 1.54) is 22.1 Å². The van der Waals surface area contributed by atoms with Gasteiger partial charge in [0.05, 0.1) is 0 Å². The number of aryl methyl sites for hydroxylation is 1. The molecular formula is C54H35NO3. The fourth-order valence-electron chi connectivity index (χ4n) is 9.12. The second-order valence-electron chi connectivity index (χ2n) is 15.1. The van der Waals surface area contributed by atoms with E-state index in [1.54, 1.807) is 0 Å². The van der Waals surface area contributed by atoms with Gasteiger partial charge in [0.15, 0.2) is 0 Å². The van der Waals surface area contributed by atoms with Crippen molar-refractivity contribution in [1.82, 2.24) is 0 Å². The molecule has 0 fully saturated rings. The summed E-state index contributed by atoms with van der Waals surface area (Å²) in [5.41, 5.74) is 16.0. The Labute approximate surface area is 334 Å². The molecule has 1 aliphatic rings. The normalized spacial score (nSPS) is 12.6. The lowest BCUT2D eigenvalue weighted by Gasteiger charge is -2.26. The molecule has 11 aromatic rings. The standard InChI is InChI=1S/C54H35NO3/c1-4-16-46-43(10-1)52-40(13-7-19-49(52)56-46)34-22-28-37(29-23-34)55(38-30-24-35(25-31-38)41-14-8-20-50-53(41)44-11-2-5-17-47(44)57-50)39-32-26-36(27-33-39)42-15-9-21-51-54(42)45-12-3-6-18-48(45)58-51/h1-2,4-11,13-33H,3,12H2. The summed E-state index contributed by atoms with van der Waals surface area (Å²) in [6.07, 6.45) is 6.34. The lowest BCUT2D eigenvalue weighted by molar-refractivity contribution is 0.595. The highest BCUT2D eigenvalue weighted by Gasteiger charge is 2.20. The Bertz CT molecular complexity index is 3220. The zero-order valence-corrected chi connectivity index (χ0v) is 31.5. The lowest BCUT2D eigenvalue weighted by Crippen LogP contribution is -2.09. The van der Waals surface area contributed by atoms with Crippen LogP contribution >= 0.6 is 0 Å². The summed E-state index contributed by atoms with van der Waals surface area (Å²) in [4.78, 5) is 2.34. The molecule has 58 heavy (non-hydrogen) atoms. The first-order chi connectivity index (χ1) is 28.7. The first-order valence-corrected chi connectivity index (χ1v) is 19.9. The van der Waals surface area contributed by atoms with Crippen LogP contribution in [-0.4, -0.2) is 0 Å². The van der Waals surface area contributed by atoms with Gasteiger partial charge in [-0.15, -0.1) is 0 Å². The largest absolute Gasteiger partial charge is 0.456 e. The van der Waals surface area contributed by atoms with Crippen molar-refractivity contribution in [3.05, 3.63) is 193 Å². The van der Waals surface area contributed by atoms with Crippen LogP contribution in [0.1, 0.15) is 17.7 Å². The molecule has 0 unspecified atom stereocenters. The topological polar surface area (TPSA) is 42.7 Å². The molecule has 1 aliphatic carbocycles. The number of fused-ring (bicyclic) bond motifs is 9. The van der Waals surface area contributed by atoms with Gasteiger partial charge in [-0.05, 0) is 119 Å². The minimum atomic E-state index is 0.895. The van der Waals surface area contributed by atoms with Crippen LogP contribution in [-0.2, 0) is 6.42 Å². The first-order valence-electron chi connectivity index (χ1n) is 19.9. The molecule has 0 spiro atoms. The molecule has 0 saturated carbocycles. The average molecular weight is 746 g/mol. The van der Waals surface area contributed by atoms with E-state index in [0.717, 1.165) is 107 Å². The second kappa shape index (κ2) is 13.0. The quantitative estimate of drug-likeness (QED) is 0.170. The predicted octanol–water partition coefficient (Wildman–Crippen LogP) is 15.7. The number of rotatable bonds is 6. The summed E-state index contributed by atoms with van der Waals surface area (Å²) in [6.45, 7) is 0. The highest BCUT2D eigenvalue weighted by molar-refractivity contribution is 6.13. The van der Waals surface area contributed by atoms with Gasteiger partial charge >= 0.3 is 0 Å². The highest BCUT2D eigenvalue weighted by Crippen LogP contribution is 2.43. The van der Waals surface area contributed by atoms with Gasteiger partial charge in [-0.2, -0.15) is 0 Å². The van der Waals surface area contributed by atoms with Crippen molar-refractivity contribution in [2.45, 2.75) is 12.8 Å². The molecule has 274 valence electrons. The molecule has 0 N–H and O–H groups in total. The van der Waals surface area contributed by atoms with Crippen molar-refractivity contribution in [2.75, 3.05) is 4.90 Å². The third kappa shape index (κ3) is 5.15. The Kier molecular flexibility index (Phi) is 7.32. The van der Waals surface area contributed by atoms with Crippen molar-refractivity contribution in [3.63, 3.8) is 0 Å². The van der Waals surface area contributed by atoms with Crippen LogP contribution in [0.5, 0.6) is 0 Å². The molecule has 4 heteroatoms. The maximum absolute atomic E-state index is 6.29. The van der Waals surface area contributed by atoms with Gasteiger partial charge in [-0.3, -0.25) is 0 Å². The van der Waals surface area contributed by atoms with Crippen LogP contribution in [0.4, 0.5) is 17.1 Å². The fraction of sp³-hybridized carbons (Fsp3) is 0.0370. The molecule has 12 rings (SSSR count). The molecule has 0 atom stereocenters. The Morgan fingerprint density at radius 3 is 1.26 bits per heavy atom. The molecule has 0 aliphatic heterocycles. The van der Waals surface area contributed by atoms with E-state index in [4.69, 9.17) is 13.3 Å². The van der Waals surface area contributed by atoms with Crippen LogP contribution in [0, 0.1) is 0 Å². The van der Waals surface area contributed by atoms with Crippen molar-refractivity contribution >= 4 is 78.0 Å². The summed E-state index contributed by atoms with van der Waals surface area (Å²) >= 11 is 0. The molecule has 3 heterocycles. The number of benzene rings is 8. The van der Waals surface area contributed by atoms with Crippen molar-refractivity contribution < 1.29 is 13.3 Å². The number of hydrogen-bond donors (Lipinski definition) is 0. The molecule has 8 aromatic carbocycles. The van der Waals surface area contributed by atoms with Crippen LogP contribution in [0.15, 0.2) is 195 Å². The van der Waals surface area contributed by atoms with Crippen molar-refractivity contribution in [2.24, 2.45) is 0 Å². The Balaban J connectivity index is 0.967. The van der Waals surface area contributed by atoms with E-state index in [0.29, 0.717) is 0 Å². The molecule has 0 radical (unpaired) electrons. The first kappa shape index (κ1) is 32.7. The number of para-hydroxylation sites is 2. The minimum Gasteiger partial charge on any atom is -0.456 e. The zero-order valence-electron chi connectivity index (χ0n) is 31.5. The van der Waals surface area contributed by atoms with Gasteiger partial charge in [0.25, 0.3) is 0 Å². The predicted molar refractivity (Wildman–Crippen MR) is 239 cm³/mol. The highest BCUT2D eigenvalue weighted by atomic mass is 16.3. The zero-order chi connectivity index (χ0) is 38.2. The number of anilines is 3. The van der Waals surface area contributed by atoms with E-state index < -0.39 is 0 Å². The summed E-state index contributed by atoms with van der Waals surface area (Å²) in [5, 5.41) is 5.75. The molecule has 0 bridgehead atoms. The van der Waals surface area contributed by atoms with Gasteiger partial charge in [-0.25, -0.2) is 0 Å². The fourth-order valence-corrected chi connectivity index (χ4v) is 9.12. The SMILES string of the molecule is C1=Cc2oc3cccc(-c4ccc(N(c5ccc(-c6cccc7oc8ccccc8c67)cc5)c5ccc(-c6cccc7oc8ccccc8c67)cc5)cc4)c3c2CC1. The van der Waals surface area contributed by atoms with Gasteiger partial charge in [0, 0.05) is 49.6 Å². The Morgan fingerprint density at radius 1 is 0.362 bits per heavy atom.